The zero-order valence-corrected chi connectivity index (χ0v) is 5.92. The topological polar surface area (TPSA) is 46.5 Å². The van der Waals surface area contributed by atoms with E-state index in [1.54, 1.807) is 13.8 Å². The lowest BCUT2D eigenvalue weighted by Gasteiger charge is -2.12. The average Bonchev–Trinajstić information content (AvgIpc) is 1.84. The lowest BCUT2D eigenvalue weighted by atomic mass is 10.1. The van der Waals surface area contributed by atoms with Gasteiger partial charge in [-0.2, -0.15) is 0 Å². The molecule has 0 aliphatic rings. The Balaban J connectivity index is 3.72. The highest BCUT2D eigenvalue weighted by molar-refractivity contribution is 5.70. The fourth-order valence-electron chi connectivity index (χ4n) is 0.405. The van der Waals surface area contributed by atoms with Crippen LogP contribution in [0.1, 0.15) is 13.8 Å². The molecular formula is C6H12O3. The molecule has 0 aromatic carbocycles. The lowest BCUT2D eigenvalue weighted by molar-refractivity contribution is -0.145. The van der Waals surface area contributed by atoms with Gasteiger partial charge < -0.3 is 9.84 Å². The zero-order valence-electron chi connectivity index (χ0n) is 5.92. The quantitative estimate of drug-likeness (QED) is 0.616. The Morgan fingerprint density at radius 1 is 1.56 bits per heavy atom. The van der Waals surface area contributed by atoms with E-state index in [-0.39, 0.29) is 6.10 Å². The summed E-state index contributed by atoms with van der Waals surface area (Å²) < 4.78 is 4.79. The molecule has 0 bridgehead atoms. The van der Waals surface area contributed by atoms with Crippen molar-refractivity contribution in [1.82, 2.24) is 0 Å². The summed E-state index contributed by atoms with van der Waals surface area (Å²) in [5.74, 6) is -1.24. The van der Waals surface area contributed by atoms with Crippen LogP contribution in [0.25, 0.3) is 0 Å². The minimum absolute atomic E-state index is 0.206. The van der Waals surface area contributed by atoms with Crippen LogP contribution >= 0.6 is 0 Å². The van der Waals surface area contributed by atoms with Crippen molar-refractivity contribution in [3.63, 3.8) is 0 Å². The van der Waals surface area contributed by atoms with Crippen LogP contribution in [-0.4, -0.2) is 24.3 Å². The average molecular weight is 132 g/mol. The lowest BCUT2D eigenvalue weighted by Crippen LogP contribution is -2.24. The Morgan fingerprint density at radius 3 is 2.11 bits per heavy atom. The number of carbonyl (C=O) groups is 1. The maximum atomic E-state index is 10.2. The van der Waals surface area contributed by atoms with E-state index in [2.05, 4.69) is 0 Å². The predicted molar refractivity (Wildman–Crippen MR) is 33.3 cm³/mol. The molecule has 0 rings (SSSR count). The standard InChI is InChI=1S/C6H12O3/c1-4(6(7)8)5(2)9-3/h4-5H,1-3H3,(H,7,8)/t4-,5+/m1/s1. The molecule has 1 N–H and O–H groups in total. The molecule has 0 saturated heterocycles. The van der Waals surface area contributed by atoms with Gasteiger partial charge in [-0.25, -0.2) is 0 Å². The van der Waals surface area contributed by atoms with Crippen molar-refractivity contribution in [3.8, 4) is 0 Å². The van der Waals surface area contributed by atoms with Crippen LogP contribution in [-0.2, 0) is 9.53 Å². The van der Waals surface area contributed by atoms with Crippen molar-refractivity contribution < 1.29 is 14.6 Å². The van der Waals surface area contributed by atoms with Crippen LogP contribution in [0.15, 0.2) is 0 Å². The summed E-state index contributed by atoms with van der Waals surface area (Å²) in [7, 11) is 1.50. The number of hydrogen-bond acceptors (Lipinski definition) is 2. The molecule has 0 spiro atoms. The molecule has 0 aromatic heterocycles. The normalized spacial score (nSPS) is 16.8. The van der Waals surface area contributed by atoms with Gasteiger partial charge >= 0.3 is 5.97 Å². The maximum absolute atomic E-state index is 10.2. The van der Waals surface area contributed by atoms with E-state index in [0.717, 1.165) is 0 Å². The number of rotatable bonds is 3. The minimum atomic E-state index is -0.815. The molecule has 0 amide bonds. The van der Waals surface area contributed by atoms with Gasteiger partial charge in [-0.15, -0.1) is 0 Å². The van der Waals surface area contributed by atoms with Gasteiger partial charge in [0.05, 0.1) is 12.0 Å². The summed E-state index contributed by atoms with van der Waals surface area (Å²) in [4.78, 5) is 10.2. The van der Waals surface area contributed by atoms with Gasteiger partial charge in [0, 0.05) is 7.11 Å². The third-order valence-electron chi connectivity index (χ3n) is 1.47. The van der Waals surface area contributed by atoms with Gasteiger partial charge in [0.1, 0.15) is 0 Å². The first-order valence-electron chi connectivity index (χ1n) is 2.85. The smallest absolute Gasteiger partial charge is 0.308 e. The monoisotopic (exact) mass is 132 g/mol. The van der Waals surface area contributed by atoms with Gasteiger partial charge in [-0.1, -0.05) is 0 Å². The van der Waals surface area contributed by atoms with E-state index < -0.39 is 11.9 Å². The van der Waals surface area contributed by atoms with Crippen LogP contribution in [0.2, 0.25) is 0 Å². The Bertz CT molecular complexity index is 100. The number of carboxylic acid groups (broad SMARTS) is 1. The highest BCUT2D eigenvalue weighted by atomic mass is 16.5. The first-order chi connectivity index (χ1) is 4.09. The number of carboxylic acids is 1. The van der Waals surface area contributed by atoms with Gasteiger partial charge in [0.25, 0.3) is 0 Å². The van der Waals surface area contributed by atoms with Crippen molar-refractivity contribution in [1.29, 1.82) is 0 Å². The summed E-state index contributed by atoms with van der Waals surface area (Å²) >= 11 is 0. The summed E-state index contributed by atoms with van der Waals surface area (Å²) in [6.07, 6.45) is -0.206. The highest BCUT2D eigenvalue weighted by Crippen LogP contribution is 2.04. The minimum Gasteiger partial charge on any atom is -0.481 e. The Hall–Kier alpha value is -0.570. The number of methoxy groups -OCH3 is 1. The first kappa shape index (κ1) is 8.43. The van der Waals surface area contributed by atoms with Gasteiger partial charge in [0.15, 0.2) is 0 Å². The fraction of sp³-hybridized carbons (Fsp3) is 0.833. The molecule has 54 valence electrons. The van der Waals surface area contributed by atoms with Crippen molar-refractivity contribution in [2.75, 3.05) is 7.11 Å². The maximum Gasteiger partial charge on any atom is 0.308 e. The summed E-state index contributed by atoms with van der Waals surface area (Å²) in [5, 5.41) is 8.40. The van der Waals surface area contributed by atoms with E-state index in [1.165, 1.54) is 7.11 Å². The molecule has 9 heavy (non-hydrogen) atoms. The molecule has 0 aliphatic heterocycles. The van der Waals surface area contributed by atoms with Gasteiger partial charge in [-0.05, 0) is 13.8 Å². The molecule has 0 fully saturated rings. The molecule has 0 aromatic rings. The second-order valence-corrected chi connectivity index (χ2v) is 2.07. The van der Waals surface area contributed by atoms with Crippen molar-refractivity contribution >= 4 is 5.97 Å². The number of ether oxygens (including phenoxy) is 1. The summed E-state index contributed by atoms with van der Waals surface area (Å²) in [6, 6.07) is 0. The largest absolute Gasteiger partial charge is 0.481 e. The molecular weight excluding hydrogens is 120 g/mol. The Morgan fingerprint density at radius 2 is 2.00 bits per heavy atom. The summed E-state index contributed by atoms with van der Waals surface area (Å²) in [6.45, 7) is 3.36. The van der Waals surface area contributed by atoms with Crippen LogP contribution in [0.4, 0.5) is 0 Å². The van der Waals surface area contributed by atoms with Crippen LogP contribution in [0.3, 0.4) is 0 Å². The van der Waals surface area contributed by atoms with E-state index in [9.17, 15) is 4.79 Å². The van der Waals surface area contributed by atoms with E-state index in [4.69, 9.17) is 9.84 Å². The number of hydrogen-bond donors (Lipinski definition) is 1. The molecule has 0 radical (unpaired) electrons. The molecule has 0 aliphatic carbocycles. The van der Waals surface area contributed by atoms with E-state index in [0.29, 0.717) is 0 Å². The second-order valence-electron chi connectivity index (χ2n) is 2.07. The third-order valence-corrected chi connectivity index (χ3v) is 1.47. The Kier molecular flexibility index (Phi) is 3.24. The molecule has 0 saturated carbocycles. The van der Waals surface area contributed by atoms with Crippen LogP contribution in [0, 0.1) is 5.92 Å². The van der Waals surface area contributed by atoms with Crippen LogP contribution in [0.5, 0.6) is 0 Å². The van der Waals surface area contributed by atoms with Crippen molar-refractivity contribution in [3.05, 3.63) is 0 Å². The predicted octanol–water partition coefficient (Wildman–Crippen LogP) is 0.742. The van der Waals surface area contributed by atoms with Gasteiger partial charge in [-0.3, -0.25) is 4.79 Å². The highest BCUT2D eigenvalue weighted by Gasteiger charge is 2.17. The van der Waals surface area contributed by atoms with E-state index >= 15 is 0 Å². The van der Waals surface area contributed by atoms with Crippen LogP contribution < -0.4 is 0 Å². The SMILES string of the molecule is CO[C@@H](C)[C@@H](C)C(=O)O. The molecule has 3 heteroatoms. The van der Waals surface area contributed by atoms with Crippen molar-refractivity contribution in [2.45, 2.75) is 20.0 Å². The number of aliphatic carboxylic acids is 1. The third kappa shape index (κ3) is 2.46. The molecule has 0 unspecified atom stereocenters. The van der Waals surface area contributed by atoms with Gasteiger partial charge in [0.2, 0.25) is 0 Å². The summed E-state index contributed by atoms with van der Waals surface area (Å²) in [5.41, 5.74) is 0. The van der Waals surface area contributed by atoms with E-state index in [1.807, 2.05) is 0 Å². The van der Waals surface area contributed by atoms with Crippen molar-refractivity contribution in [2.24, 2.45) is 5.92 Å². The fourth-order valence-corrected chi connectivity index (χ4v) is 0.405. The molecule has 0 heterocycles. The molecule has 2 atom stereocenters. The second kappa shape index (κ2) is 3.45. The zero-order chi connectivity index (χ0) is 7.44. The first-order valence-corrected chi connectivity index (χ1v) is 2.85. The Labute approximate surface area is 54.6 Å². The molecule has 3 nitrogen and oxygen atoms in total.